The van der Waals surface area contributed by atoms with Crippen molar-refractivity contribution < 1.29 is 14.3 Å². The van der Waals surface area contributed by atoms with E-state index >= 15 is 0 Å². The Morgan fingerprint density at radius 3 is 2.52 bits per heavy atom. The summed E-state index contributed by atoms with van der Waals surface area (Å²) in [6.45, 7) is 7.35. The molecular weight excluding hydrogens is 342 g/mol. The highest BCUT2D eigenvalue weighted by atomic mass is 16.5. The molecule has 2 rings (SSSR count). The highest BCUT2D eigenvalue weighted by Crippen LogP contribution is 2.18. The lowest BCUT2D eigenvalue weighted by Gasteiger charge is -2.12. The maximum atomic E-state index is 12.2. The van der Waals surface area contributed by atoms with Crippen molar-refractivity contribution in [2.75, 3.05) is 30.3 Å². The van der Waals surface area contributed by atoms with Crippen LogP contribution in [0.15, 0.2) is 48.5 Å². The number of anilines is 2. The van der Waals surface area contributed by atoms with E-state index in [2.05, 4.69) is 29.8 Å². The van der Waals surface area contributed by atoms with E-state index in [0.717, 1.165) is 11.4 Å². The molecule has 0 spiro atoms. The first-order valence-corrected chi connectivity index (χ1v) is 9.12. The van der Waals surface area contributed by atoms with Gasteiger partial charge in [0.05, 0.1) is 13.2 Å². The number of hydrogen-bond acceptors (Lipinski definition) is 4. The predicted molar refractivity (Wildman–Crippen MR) is 108 cm³/mol. The lowest BCUT2D eigenvalue weighted by atomic mass is 10.2. The van der Waals surface area contributed by atoms with Crippen LogP contribution < -0.4 is 20.7 Å². The summed E-state index contributed by atoms with van der Waals surface area (Å²) in [6, 6.07) is 14.4. The molecule has 27 heavy (non-hydrogen) atoms. The first kappa shape index (κ1) is 20.3. The third-order valence-corrected chi connectivity index (χ3v) is 3.62. The number of hydrogen-bond donors (Lipinski definition) is 3. The zero-order chi connectivity index (χ0) is 19.6. The molecule has 2 amide bonds. The van der Waals surface area contributed by atoms with E-state index in [-0.39, 0.29) is 18.4 Å². The molecule has 0 bridgehead atoms. The minimum absolute atomic E-state index is 0.110. The zero-order valence-electron chi connectivity index (χ0n) is 16.0. The van der Waals surface area contributed by atoms with Crippen LogP contribution in [0, 0.1) is 5.92 Å². The van der Waals surface area contributed by atoms with Gasteiger partial charge in [-0.2, -0.15) is 0 Å². The second-order valence-corrected chi connectivity index (χ2v) is 6.57. The zero-order valence-corrected chi connectivity index (χ0v) is 16.0. The number of carbonyl (C=O) groups is 2. The van der Waals surface area contributed by atoms with Gasteiger partial charge < -0.3 is 20.7 Å². The Balaban J connectivity index is 1.88. The standard InChI is InChI=1S/C21H27N3O3/c1-4-22-21(26)16-7-5-9-18(11-16)24-20(25)13-23-17-8-6-10-19(12-17)27-14-15(2)3/h5-12,15,23H,4,13-14H2,1-3H3,(H,22,26)(H,24,25). The second-order valence-electron chi connectivity index (χ2n) is 6.57. The van der Waals surface area contributed by atoms with Crippen LogP contribution in [0.4, 0.5) is 11.4 Å². The molecule has 0 aliphatic heterocycles. The van der Waals surface area contributed by atoms with Crippen LogP contribution in [0.5, 0.6) is 5.75 Å². The summed E-state index contributed by atoms with van der Waals surface area (Å²) in [5.74, 6) is 0.854. The van der Waals surface area contributed by atoms with Gasteiger partial charge in [-0.1, -0.05) is 26.0 Å². The number of amides is 2. The van der Waals surface area contributed by atoms with E-state index in [0.29, 0.717) is 30.3 Å². The number of ether oxygens (including phenoxy) is 1. The molecule has 0 aliphatic rings. The Morgan fingerprint density at radius 1 is 1.04 bits per heavy atom. The largest absolute Gasteiger partial charge is 0.493 e. The minimum atomic E-state index is -0.198. The fourth-order valence-corrected chi connectivity index (χ4v) is 2.35. The Labute approximate surface area is 160 Å². The topological polar surface area (TPSA) is 79.5 Å². The lowest BCUT2D eigenvalue weighted by molar-refractivity contribution is -0.114. The average molecular weight is 369 g/mol. The van der Waals surface area contributed by atoms with Crippen molar-refractivity contribution in [3.8, 4) is 5.75 Å². The molecule has 3 N–H and O–H groups in total. The van der Waals surface area contributed by atoms with E-state index in [4.69, 9.17) is 4.74 Å². The van der Waals surface area contributed by atoms with Crippen LogP contribution in [-0.4, -0.2) is 31.5 Å². The summed E-state index contributed by atoms with van der Waals surface area (Å²) >= 11 is 0. The number of carbonyl (C=O) groups excluding carboxylic acids is 2. The highest BCUT2D eigenvalue weighted by molar-refractivity contribution is 5.98. The summed E-state index contributed by atoms with van der Waals surface area (Å²) in [7, 11) is 0. The predicted octanol–water partition coefficient (Wildman–Crippen LogP) is 3.52. The minimum Gasteiger partial charge on any atom is -0.493 e. The monoisotopic (exact) mass is 369 g/mol. The smallest absolute Gasteiger partial charge is 0.251 e. The van der Waals surface area contributed by atoms with E-state index in [9.17, 15) is 9.59 Å². The van der Waals surface area contributed by atoms with Gasteiger partial charge in [0.25, 0.3) is 5.91 Å². The summed E-state index contributed by atoms with van der Waals surface area (Å²) < 4.78 is 5.69. The van der Waals surface area contributed by atoms with Crippen molar-refractivity contribution in [1.82, 2.24) is 5.32 Å². The molecule has 0 unspecified atom stereocenters. The maximum absolute atomic E-state index is 12.2. The van der Waals surface area contributed by atoms with Gasteiger partial charge in [0.2, 0.25) is 5.91 Å². The van der Waals surface area contributed by atoms with E-state index in [1.54, 1.807) is 24.3 Å². The van der Waals surface area contributed by atoms with Crippen LogP contribution in [-0.2, 0) is 4.79 Å². The fourth-order valence-electron chi connectivity index (χ4n) is 2.35. The number of rotatable bonds is 9. The van der Waals surface area contributed by atoms with Gasteiger partial charge in [0.15, 0.2) is 0 Å². The van der Waals surface area contributed by atoms with E-state index in [1.807, 2.05) is 31.2 Å². The Hall–Kier alpha value is -3.02. The van der Waals surface area contributed by atoms with Gasteiger partial charge in [0, 0.05) is 29.5 Å². The van der Waals surface area contributed by atoms with Crippen LogP contribution in [0.25, 0.3) is 0 Å². The Kier molecular flexibility index (Phi) is 7.67. The molecule has 0 aromatic heterocycles. The van der Waals surface area contributed by atoms with Crippen molar-refractivity contribution in [3.05, 3.63) is 54.1 Å². The van der Waals surface area contributed by atoms with Crippen LogP contribution in [0.2, 0.25) is 0 Å². The summed E-state index contributed by atoms with van der Waals surface area (Å²) in [6.07, 6.45) is 0. The summed E-state index contributed by atoms with van der Waals surface area (Å²) in [4.78, 5) is 24.1. The summed E-state index contributed by atoms with van der Waals surface area (Å²) in [5.41, 5.74) is 1.90. The molecule has 6 heteroatoms. The van der Waals surface area contributed by atoms with Crippen molar-refractivity contribution in [1.29, 1.82) is 0 Å². The first-order chi connectivity index (χ1) is 13.0. The van der Waals surface area contributed by atoms with Crippen molar-refractivity contribution in [2.24, 2.45) is 5.92 Å². The molecule has 0 atom stereocenters. The normalized spacial score (nSPS) is 10.4. The third kappa shape index (κ3) is 7.01. The van der Waals surface area contributed by atoms with Crippen LogP contribution in [0.1, 0.15) is 31.1 Å². The van der Waals surface area contributed by atoms with Gasteiger partial charge in [-0.25, -0.2) is 0 Å². The highest BCUT2D eigenvalue weighted by Gasteiger charge is 2.07. The quantitative estimate of drug-likeness (QED) is 0.632. The van der Waals surface area contributed by atoms with Crippen molar-refractivity contribution in [3.63, 3.8) is 0 Å². The van der Waals surface area contributed by atoms with Crippen LogP contribution >= 0.6 is 0 Å². The van der Waals surface area contributed by atoms with Crippen molar-refractivity contribution in [2.45, 2.75) is 20.8 Å². The first-order valence-electron chi connectivity index (χ1n) is 9.12. The fraction of sp³-hybridized carbons (Fsp3) is 0.333. The van der Waals surface area contributed by atoms with Gasteiger partial charge in [-0.05, 0) is 43.2 Å². The molecule has 0 heterocycles. The van der Waals surface area contributed by atoms with Gasteiger partial charge in [0.1, 0.15) is 5.75 Å². The Bertz CT molecular complexity index is 775. The van der Waals surface area contributed by atoms with E-state index in [1.165, 1.54) is 0 Å². The van der Waals surface area contributed by atoms with Gasteiger partial charge >= 0.3 is 0 Å². The molecule has 2 aromatic rings. The Morgan fingerprint density at radius 2 is 1.78 bits per heavy atom. The molecule has 0 radical (unpaired) electrons. The molecule has 2 aromatic carbocycles. The molecule has 144 valence electrons. The second kappa shape index (κ2) is 10.2. The van der Waals surface area contributed by atoms with Gasteiger partial charge in [-0.3, -0.25) is 9.59 Å². The molecular formula is C21H27N3O3. The summed E-state index contributed by atoms with van der Waals surface area (Å²) in [5, 5.41) is 8.61. The molecule has 6 nitrogen and oxygen atoms in total. The average Bonchev–Trinajstić information content (AvgIpc) is 2.65. The van der Waals surface area contributed by atoms with Crippen LogP contribution in [0.3, 0.4) is 0 Å². The number of nitrogens with one attached hydrogen (secondary N) is 3. The SMILES string of the molecule is CCNC(=O)c1cccc(NC(=O)CNc2cccc(OCC(C)C)c2)c1. The number of benzene rings is 2. The van der Waals surface area contributed by atoms with E-state index < -0.39 is 0 Å². The molecule has 0 saturated carbocycles. The molecule has 0 fully saturated rings. The molecule has 0 saturated heterocycles. The molecule has 0 aliphatic carbocycles. The third-order valence-electron chi connectivity index (χ3n) is 3.62. The van der Waals surface area contributed by atoms with Crippen molar-refractivity contribution >= 4 is 23.2 Å². The van der Waals surface area contributed by atoms with Gasteiger partial charge in [-0.15, -0.1) is 0 Å². The maximum Gasteiger partial charge on any atom is 0.251 e. The lowest BCUT2D eigenvalue weighted by Crippen LogP contribution is -2.24.